The smallest absolute Gasteiger partial charge is 0.504 e. The van der Waals surface area contributed by atoms with Crippen molar-refractivity contribution in [1.82, 2.24) is 0 Å². The van der Waals surface area contributed by atoms with Crippen LogP contribution in [0.4, 0.5) is 4.79 Å². The van der Waals surface area contributed by atoms with Crippen LogP contribution in [0, 0.1) is 0 Å². The van der Waals surface area contributed by atoms with Crippen molar-refractivity contribution in [3.8, 4) is 11.5 Å². The topological polar surface area (TPSA) is 66.8 Å². The third-order valence-electron chi connectivity index (χ3n) is 6.34. The number of carbonyl (C=O) groups is 1. The van der Waals surface area contributed by atoms with Crippen LogP contribution in [-0.4, -0.2) is 16.4 Å². The summed E-state index contributed by atoms with van der Waals surface area (Å²) in [7, 11) is 0. The van der Waals surface area contributed by atoms with E-state index in [0.29, 0.717) is 5.92 Å². The predicted molar refractivity (Wildman–Crippen MR) is 118 cm³/mol. The third-order valence-corrected chi connectivity index (χ3v) is 6.34. The van der Waals surface area contributed by atoms with E-state index in [-0.39, 0.29) is 11.5 Å². The maximum Gasteiger partial charge on any atom is 0.511 e. The van der Waals surface area contributed by atoms with Crippen LogP contribution in [0.3, 0.4) is 0 Å². The Morgan fingerprint density at radius 1 is 0.862 bits per heavy atom. The molecule has 1 aromatic carbocycles. The number of rotatable bonds is 11. The Hall–Kier alpha value is -1.71. The number of benzene rings is 1. The van der Waals surface area contributed by atoms with Gasteiger partial charge in [0, 0.05) is 11.1 Å². The molecular formula is C25H40O4. The van der Waals surface area contributed by atoms with E-state index >= 15 is 0 Å². The molecule has 0 heterocycles. The molecule has 0 amide bonds. The van der Waals surface area contributed by atoms with Crippen LogP contribution in [0.15, 0.2) is 0 Å². The van der Waals surface area contributed by atoms with E-state index in [4.69, 9.17) is 4.74 Å². The van der Waals surface area contributed by atoms with Crippen molar-refractivity contribution in [2.45, 2.75) is 117 Å². The summed E-state index contributed by atoms with van der Waals surface area (Å²) in [4.78, 5) is 11.5. The Labute approximate surface area is 176 Å². The molecule has 1 aromatic rings. The third kappa shape index (κ3) is 6.13. The number of aromatic hydroxyl groups is 1. The summed E-state index contributed by atoms with van der Waals surface area (Å²) in [6, 6.07) is 0. The number of ether oxygens (including phenoxy) is 1. The lowest BCUT2D eigenvalue weighted by Gasteiger charge is -2.30. The van der Waals surface area contributed by atoms with Gasteiger partial charge in [-0.15, -0.1) is 0 Å². The van der Waals surface area contributed by atoms with Gasteiger partial charge in [-0.25, -0.2) is 4.79 Å². The van der Waals surface area contributed by atoms with Gasteiger partial charge in [0.25, 0.3) is 0 Å². The molecule has 1 aliphatic carbocycles. The molecule has 1 aliphatic rings. The highest BCUT2D eigenvalue weighted by molar-refractivity contribution is 5.68. The molecule has 0 radical (unpaired) electrons. The van der Waals surface area contributed by atoms with Crippen LogP contribution in [0.25, 0.3) is 0 Å². The van der Waals surface area contributed by atoms with E-state index in [2.05, 4.69) is 20.8 Å². The van der Waals surface area contributed by atoms with Gasteiger partial charge < -0.3 is 14.9 Å². The molecule has 4 nitrogen and oxygen atoms in total. The first-order chi connectivity index (χ1) is 14.0. The number of phenols is 1. The van der Waals surface area contributed by atoms with E-state index in [1.807, 2.05) is 0 Å². The highest BCUT2D eigenvalue weighted by atomic mass is 16.7. The van der Waals surface area contributed by atoms with E-state index in [1.54, 1.807) is 0 Å². The second-order valence-electron chi connectivity index (χ2n) is 8.54. The summed E-state index contributed by atoms with van der Waals surface area (Å²) >= 11 is 0. The first-order valence-corrected chi connectivity index (χ1v) is 11.8. The summed E-state index contributed by atoms with van der Waals surface area (Å²) in [5.74, 6) is 0.641. The first kappa shape index (κ1) is 23.6. The number of hydrogen-bond acceptors (Lipinski definition) is 3. The molecule has 0 bridgehead atoms. The molecule has 0 saturated heterocycles. The average Bonchev–Trinajstić information content (AvgIpc) is 2.72. The fraction of sp³-hybridized carbons (Fsp3) is 0.720. The van der Waals surface area contributed by atoms with Crippen LogP contribution in [0.2, 0.25) is 0 Å². The van der Waals surface area contributed by atoms with Gasteiger partial charge in [0.2, 0.25) is 0 Å². The number of phenolic OH excluding ortho intramolecular Hbond substituents is 1. The highest BCUT2D eigenvalue weighted by Gasteiger charge is 2.30. The minimum atomic E-state index is -1.34. The van der Waals surface area contributed by atoms with Gasteiger partial charge in [0.15, 0.2) is 11.5 Å². The maximum atomic E-state index is 11.5. The molecule has 2 N–H and O–H groups in total. The summed E-state index contributed by atoms with van der Waals surface area (Å²) in [5, 5.41) is 20.7. The van der Waals surface area contributed by atoms with Crippen LogP contribution >= 0.6 is 0 Å². The van der Waals surface area contributed by atoms with E-state index in [9.17, 15) is 15.0 Å². The Morgan fingerprint density at radius 3 is 1.90 bits per heavy atom. The van der Waals surface area contributed by atoms with Crippen LogP contribution in [0.1, 0.15) is 120 Å². The van der Waals surface area contributed by atoms with Crippen molar-refractivity contribution in [3.63, 3.8) is 0 Å². The Morgan fingerprint density at radius 2 is 1.38 bits per heavy atom. The van der Waals surface area contributed by atoms with Gasteiger partial charge in [-0.05, 0) is 68.4 Å². The Bertz CT molecular complexity index is 660. The van der Waals surface area contributed by atoms with Crippen molar-refractivity contribution in [1.29, 1.82) is 0 Å². The molecular weight excluding hydrogens is 364 g/mol. The second kappa shape index (κ2) is 12.1. The Kier molecular flexibility index (Phi) is 9.83. The van der Waals surface area contributed by atoms with Crippen molar-refractivity contribution < 1.29 is 19.7 Å². The van der Waals surface area contributed by atoms with Gasteiger partial charge in [0.1, 0.15) is 0 Å². The zero-order valence-electron chi connectivity index (χ0n) is 18.7. The summed E-state index contributed by atoms with van der Waals surface area (Å²) < 4.78 is 5.25. The lowest BCUT2D eigenvalue weighted by molar-refractivity contribution is 0.142. The molecule has 0 aromatic heterocycles. The number of carboxylic acid groups (broad SMARTS) is 1. The molecule has 4 heteroatoms. The maximum absolute atomic E-state index is 11.5. The van der Waals surface area contributed by atoms with Gasteiger partial charge in [-0.3, -0.25) is 0 Å². The minimum Gasteiger partial charge on any atom is -0.504 e. The summed E-state index contributed by atoms with van der Waals surface area (Å²) in [5.41, 5.74) is 4.50. The monoisotopic (exact) mass is 404 g/mol. The lowest BCUT2D eigenvalue weighted by Crippen LogP contribution is -2.15. The molecule has 0 aliphatic heterocycles. The SMILES string of the molecule is CCCCc1c(CCCC)c(OC(=O)O)c(O)c(C2CCCCC2)c1CCCC. The van der Waals surface area contributed by atoms with Gasteiger partial charge in [0.05, 0.1) is 0 Å². The van der Waals surface area contributed by atoms with Crippen LogP contribution in [0.5, 0.6) is 11.5 Å². The predicted octanol–water partition coefficient (Wildman–Crippen LogP) is 7.52. The van der Waals surface area contributed by atoms with E-state index in [0.717, 1.165) is 81.8 Å². The number of hydrogen-bond donors (Lipinski definition) is 2. The standard InChI is InChI=1S/C25H40O4/c1-4-7-15-19-20(16-8-5-2)22(18-13-11-10-12-14-18)23(26)24(29-25(27)28)21(19)17-9-6-3/h18,26H,4-17H2,1-3H3,(H,27,28). The molecule has 2 rings (SSSR count). The van der Waals surface area contributed by atoms with Crippen molar-refractivity contribution in [3.05, 3.63) is 22.3 Å². The fourth-order valence-corrected chi connectivity index (χ4v) is 4.83. The van der Waals surface area contributed by atoms with Gasteiger partial charge >= 0.3 is 6.16 Å². The summed E-state index contributed by atoms with van der Waals surface area (Å²) in [6.07, 6.45) is 13.4. The molecule has 1 saturated carbocycles. The van der Waals surface area contributed by atoms with Crippen LogP contribution in [-0.2, 0) is 19.3 Å². The molecule has 0 atom stereocenters. The first-order valence-electron chi connectivity index (χ1n) is 11.8. The molecule has 164 valence electrons. The Balaban J connectivity index is 2.71. The zero-order valence-corrected chi connectivity index (χ0v) is 18.7. The molecule has 1 fully saturated rings. The van der Waals surface area contributed by atoms with Crippen LogP contribution < -0.4 is 4.74 Å². The number of unbranched alkanes of at least 4 members (excludes halogenated alkanes) is 3. The molecule has 0 spiro atoms. The minimum absolute atomic E-state index is 0.108. The summed E-state index contributed by atoms with van der Waals surface area (Å²) in [6.45, 7) is 6.53. The van der Waals surface area contributed by atoms with E-state index < -0.39 is 6.16 Å². The van der Waals surface area contributed by atoms with Crippen molar-refractivity contribution >= 4 is 6.16 Å². The second-order valence-corrected chi connectivity index (χ2v) is 8.54. The zero-order chi connectivity index (χ0) is 21.2. The van der Waals surface area contributed by atoms with E-state index in [1.165, 1.54) is 30.4 Å². The quantitative estimate of drug-likeness (QED) is 0.295. The largest absolute Gasteiger partial charge is 0.511 e. The average molecular weight is 405 g/mol. The normalized spacial score (nSPS) is 14.9. The van der Waals surface area contributed by atoms with Gasteiger partial charge in [-0.1, -0.05) is 59.3 Å². The fourth-order valence-electron chi connectivity index (χ4n) is 4.83. The molecule has 29 heavy (non-hydrogen) atoms. The molecule has 0 unspecified atom stereocenters. The van der Waals surface area contributed by atoms with Crippen molar-refractivity contribution in [2.24, 2.45) is 0 Å². The lowest BCUT2D eigenvalue weighted by atomic mass is 9.77. The van der Waals surface area contributed by atoms with Crippen molar-refractivity contribution in [2.75, 3.05) is 0 Å². The highest BCUT2D eigenvalue weighted by Crippen LogP contribution is 2.48. The van der Waals surface area contributed by atoms with Gasteiger partial charge in [-0.2, -0.15) is 0 Å².